The minimum Gasteiger partial charge on any atom is -0.388 e. The van der Waals surface area contributed by atoms with Crippen LogP contribution in [0, 0.1) is 0 Å². The topological polar surface area (TPSA) is 45.1 Å². The second-order valence-electron chi connectivity index (χ2n) is 4.71. The van der Waals surface area contributed by atoms with Crippen molar-refractivity contribution in [1.29, 1.82) is 0 Å². The van der Waals surface area contributed by atoms with Crippen molar-refractivity contribution in [3.05, 3.63) is 23.9 Å². The van der Waals surface area contributed by atoms with Crippen molar-refractivity contribution in [1.82, 2.24) is 4.98 Å². The number of hydrogen-bond acceptors (Lipinski definition) is 3. The maximum atomic E-state index is 12.5. The third-order valence-electron chi connectivity index (χ3n) is 3.22. The number of nitrogens with zero attached hydrogens (tertiary/aromatic N) is 1. The van der Waals surface area contributed by atoms with Gasteiger partial charge in [-0.2, -0.15) is 13.2 Å². The molecule has 0 aromatic carbocycles. The van der Waals surface area contributed by atoms with Gasteiger partial charge in [-0.1, -0.05) is 12.8 Å². The van der Waals surface area contributed by atoms with Crippen LogP contribution in [-0.4, -0.2) is 22.2 Å². The Morgan fingerprint density at radius 3 is 2.61 bits per heavy atom. The summed E-state index contributed by atoms with van der Waals surface area (Å²) in [5.74, 6) is 0.144. The van der Waals surface area contributed by atoms with E-state index in [9.17, 15) is 18.3 Å². The number of pyridine rings is 1. The first-order chi connectivity index (χ1) is 8.39. The van der Waals surface area contributed by atoms with Gasteiger partial charge < -0.3 is 10.4 Å². The third-order valence-corrected chi connectivity index (χ3v) is 3.22. The molecule has 18 heavy (non-hydrogen) atoms. The zero-order valence-corrected chi connectivity index (χ0v) is 9.80. The van der Waals surface area contributed by atoms with Crippen molar-refractivity contribution in [3.8, 4) is 0 Å². The van der Waals surface area contributed by atoms with Crippen molar-refractivity contribution in [2.75, 3.05) is 11.9 Å². The van der Waals surface area contributed by atoms with Crippen LogP contribution in [-0.2, 0) is 6.18 Å². The first-order valence-electron chi connectivity index (χ1n) is 5.89. The van der Waals surface area contributed by atoms with Crippen LogP contribution in [0.4, 0.5) is 19.0 Å². The van der Waals surface area contributed by atoms with E-state index >= 15 is 0 Å². The molecule has 2 N–H and O–H groups in total. The molecule has 0 unspecified atom stereocenters. The summed E-state index contributed by atoms with van der Waals surface area (Å²) in [7, 11) is 0. The molecule has 1 aromatic heterocycles. The Balaban J connectivity index is 2.01. The highest BCUT2D eigenvalue weighted by Gasteiger charge is 2.32. The minimum atomic E-state index is -4.37. The van der Waals surface area contributed by atoms with Gasteiger partial charge in [0.05, 0.1) is 11.2 Å². The van der Waals surface area contributed by atoms with Crippen LogP contribution < -0.4 is 5.32 Å². The van der Waals surface area contributed by atoms with E-state index in [0.29, 0.717) is 12.8 Å². The van der Waals surface area contributed by atoms with Gasteiger partial charge in [0.15, 0.2) is 0 Å². The lowest BCUT2D eigenvalue weighted by Gasteiger charge is -2.22. The molecule has 0 atom stereocenters. The van der Waals surface area contributed by atoms with E-state index in [2.05, 4.69) is 10.3 Å². The fraction of sp³-hybridized carbons (Fsp3) is 0.583. The summed E-state index contributed by atoms with van der Waals surface area (Å²) in [6.07, 6.45) is 0.00774. The van der Waals surface area contributed by atoms with Gasteiger partial charge in [-0.25, -0.2) is 4.98 Å². The molecule has 1 saturated carbocycles. The molecule has 1 fully saturated rings. The first kappa shape index (κ1) is 13.1. The highest BCUT2D eigenvalue weighted by Crippen LogP contribution is 2.31. The Morgan fingerprint density at radius 1 is 1.33 bits per heavy atom. The molecule has 3 nitrogen and oxygen atoms in total. The van der Waals surface area contributed by atoms with Crippen LogP contribution in [0.25, 0.3) is 0 Å². The quantitative estimate of drug-likeness (QED) is 0.878. The molecule has 0 aliphatic heterocycles. The van der Waals surface area contributed by atoms with Gasteiger partial charge in [0, 0.05) is 12.7 Å². The molecule has 100 valence electrons. The highest BCUT2D eigenvalue weighted by atomic mass is 19.4. The maximum absolute atomic E-state index is 12.5. The standard InChI is InChI=1S/C12H15F3N2O/c13-12(14,15)9-3-6-16-10(7-9)17-8-11(18)4-1-2-5-11/h3,6-7,18H,1-2,4-5,8H2,(H,16,17). The summed E-state index contributed by atoms with van der Waals surface area (Å²) in [4.78, 5) is 3.82. The Bertz CT molecular complexity index is 414. The molecule has 2 rings (SSSR count). The molecule has 0 radical (unpaired) electrons. The Morgan fingerprint density at radius 2 is 2.00 bits per heavy atom. The molecular weight excluding hydrogens is 245 g/mol. The first-order valence-corrected chi connectivity index (χ1v) is 5.89. The molecule has 0 bridgehead atoms. The summed E-state index contributed by atoms with van der Waals surface area (Å²) in [5, 5.41) is 12.8. The van der Waals surface area contributed by atoms with Gasteiger partial charge in [0.25, 0.3) is 0 Å². The molecule has 0 spiro atoms. The van der Waals surface area contributed by atoms with Crippen LogP contribution in [0.5, 0.6) is 0 Å². The van der Waals surface area contributed by atoms with Crippen LogP contribution in [0.15, 0.2) is 18.3 Å². The van der Waals surface area contributed by atoms with Gasteiger partial charge >= 0.3 is 6.18 Å². The molecule has 1 heterocycles. The van der Waals surface area contributed by atoms with Gasteiger partial charge in [-0.15, -0.1) is 0 Å². The smallest absolute Gasteiger partial charge is 0.388 e. The number of rotatable bonds is 3. The number of aliphatic hydroxyl groups is 1. The molecule has 1 aliphatic carbocycles. The van der Waals surface area contributed by atoms with Crippen molar-refractivity contribution in [2.24, 2.45) is 0 Å². The van der Waals surface area contributed by atoms with E-state index in [1.54, 1.807) is 0 Å². The third kappa shape index (κ3) is 3.13. The normalized spacial score (nSPS) is 18.9. The van der Waals surface area contributed by atoms with Crippen molar-refractivity contribution in [3.63, 3.8) is 0 Å². The minimum absolute atomic E-state index is 0.144. The lowest BCUT2D eigenvalue weighted by atomic mass is 10.0. The highest BCUT2D eigenvalue weighted by molar-refractivity contribution is 5.39. The van der Waals surface area contributed by atoms with E-state index in [1.807, 2.05) is 0 Å². The van der Waals surface area contributed by atoms with Crippen molar-refractivity contribution >= 4 is 5.82 Å². The molecule has 0 amide bonds. The van der Waals surface area contributed by atoms with E-state index in [-0.39, 0.29) is 12.4 Å². The summed E-state index contributed by atoms with van der Waals surface area (Å²) in [5.41, 5.74) is -1.55. The predicted octanol–water partition coefficient (Wildman–Crippen LogP) is 2.82. The predicted molar refractivity (Wildman–Crippen MR) is 61.1 cm³/mol. The number of aromatic nitrogens is 1. The van der Waals surface area contributed by atoms with Crippen LogP contribution in [0.3, 0.4) is 0 Å². The average molecular weight is 260 g/mol. The van der Waals surface area contributed by atoms with Crippen LogP contribution in [0.2, 0.25) is 0 Å². The molecule has 1 aromatic rings. The number of hydrogen-bond donors (Lipinski definition) is 2. The van der Waals surface area contributed by atoms with E-state index in [0.717, 1.165) is 31.2 Å². The Labute approximate surface area is 103 Å². The van der Waals surface area contributed by atoms with E-state index in [1.165, 1.54) is 0 Å². The van der Waals surface area contributed by atoms with Crippen molar-refractivity contribution < 1.29 is 18.3 Å². The summed E-state index contributed by atoms with van der Waals surface area (Å²) >= 11 is 0. The van der Waals surface area contributed by atoms with Gasteiger partial charge in [-0.3, -0.25) is 0 Å². The van der Waals surface area contributed by atoms with E-state index in [4.69, 9.17) is 0 Å². The van der Waals surface area contributed by atoms with E-state index < -0.39 is 17.3 Å². The summed E-state index contributed by atoms with van der Waals surface area (Å²) in [6, 6.07) is 1.88. The van der Waals surface area contributed by atoms with Gasteiger partial charge in [0.2, 0.25) is 0 Å². The lowest BCUT2D eigenvalue weighted by Crippen LogP contribution is -2.33. The average Bonchev–Trinajstić information content (AvgIpc) is 2.74. The van der Waals surface area contributed by atoms with Crippen molar-refractivity contribution in [2.45, 2.75) is 37.5 Å². The Hall–Kier alpha value is -1.30. The zero-order chi connectivity index (χ0) is 13.2. The Kier molecular flexibility index (Phi) is 3.47. The maximum Gasteiger partial charge on any atom is 0.416 e. The molecule has 0 saturated heterocycles. The zero-order valence-electron chi connectivity index (χ0n) is 9.80. The number of anilines is 1. The largest absolute Gasteiger partial charge is 0.416 e. The summed E-state index contributed by atoms with van der Waals surface area (Å²) < 4.78 is 37.4. The molecule has 1 aliphatic rings. The lowest BCUT2D eigenvalue weighted by molar-refractivity contribution is -0.137. The molecule has 6 heteroatoms. The number of nitrogens with one attached hydrogen (secondary N) is 1. The monoisotopic (exact) mass is 260 g/mol. The second kappa shape index (κ2) is 4.76. The fourth-order valence-electron chi connectivity index (χ4n) is 2.17. The van der Waals surface area contributed by atoms with Gasteiger partial charge in [-0.05, 0) is 25.0 Å². The summed E-state index contributed by atoms with van der Waals surface area (Å²) in [6.45, 7) is 0.237. The van der Waals surface area contributed by atoms with Crippen LogP contribution in [0.1, 0.15) is 31.2 Å². The fourth-order valence-corrected chi connectivity index (χ4v) is 2.17. The van der Waals surface area contributed by atoms with Gasteiger partial charge in [0.1, 0.15) is 5.82 Å². The molecular formula is C12H15F3N2O. The SMILES string of the molecule is OC1(CNc2cc(C(F)(F)F)ccn2)CCCC1. The second-order valence-corrected chi connectivity index (χ2v) is 4.71. The number of halogens is 3. The number of alkyl halides is 3. The van der Waals surface area contributed by atoms with Crippen LogP contribution >= 0.6 is 0 Å².